The number of aliphatic hydroxyl groups is 1. The molecular weight excluding hydrogens is 295 g/mol. The smallest absolute Gasteiger partial charge is 0.396 e. The molecule has 6 heteroatoms. The van der Waals surface area contributed by atoms with Crippen molar-refractivity contribution in [3.8, 4) is 0 Å². The summed E-state index contributed by atoms with van der Waals surface area (Å²) >= 11 is 0. The average Bonchev–Trinajstić information content (AvgIpc) is 2.53. The van der Waals surface area contributed by atoms with E-state index in [1.165, 1.54) is 12.1 Å². The van der Waals surface area contributed by atoms with Gasteiger partial charge in [-0.2, -0.15) is 13.2 Å². The fourth-order valence-electron chi connectivity index (χ4n) is 2.87. The largest absolute Gasteiger partial charge is 0.416 e. The summed E-state index contributed by atoms with van der Waals surface area (Å²) in [4.78, 5) is 12.0. The van der Waals surface area contributed by atoms with Gasteiger partial charge in [0, 0.05) is 17.5 Å². The van der Waals surface area contributed by atoms with Crippen molar-refractivity contribution < 1.29 is 23.1 Å². The van der Waals surface area contributed by atoms with Gasteiger partial charge in [0.1, 0.15) is 0 Å². The molecule has 1 aliphatic rings. The summed E-state index contributed by atoms with van der Waals surface area (Å²) in [5, 5.41) is 12.3. The number of carbonyl (C=O) groups is 1. The second kappa shape index (κ2) is 6.69. The summed E-state index contributed by atoms with van der Waals surface area (Å²) in [6.07, 6.45) is 0.494. The molecule has 1 fully saturated rings. The van der Waals surface area contributed by atoms with Crippen LogP contribution >= 0.6 is 0 Å². The van der Waals surface area contributed by atoms with Crippen LogP contribution in [-0.2, 0) is 6.18 Å². The van der Waals surface area contributed by atoms with Crippen molar-refractivity contribution in [1.29, 1.82) is 0 Å². The molecule has 0 bridgehead atoms. The summed E-state index contributed by atoms with van der Waals surface area (Å²) < 4.78 is 37.4. The Morgan fingerprint density at radius 3 is 2.23 bits per heavy atom. The van der Waals surface area contributed by atoms with E-state index in [1.807, 2.05) is 0 Å². The molecule has 122 valence electrons. The number of nitrogens with one attached hydrogen (secondary N) is 1. The highest BCUT2D eigenvalue weighted by Crippen LogP contribution is 2.35. The van der Waals surface area contributed by atoms with E-state index in [2.05, 4.69) is 5.32 Å². The van der Waals surface area contributed by atoms with Gasteiger partial charge in [-0.25, -0.2) is 0 Å². The molecule has 1 amide bonds. The second-order valence-electron chi connectivity index (χ2n) is 5.98. The number of carbonyl (C=O) groups excluding carboxylic acids is 1. The maximum atomic E-state index is 12.5. The van der Waals surface area contributed by atoms with E-state index in [0.717, 1.165) is 44.2 Å². The van der Waals surface area contributed by atoms with E-state index >= 15 is 0 Å². The van der Waals surface area contributed by atoms with Crippen LogP contribution in [0.15, 0.2) is 24.3 Å². The van der Waals surface area contributed by atoms with Crippen molar-refractivity contribution in [2.24, 2.45) is 5.41 Å². The van der Waals surface area contributed by atoms with Gasteiger partial charge in [-0.05, 0) is 37.1 Å². The minimum absolute atomic E-state index is 0.0142. The summed E-state index contributed by atoms with van der Waals surface area (Å²) in [5.41, 5.74) is -0.875. The van der Waals surface area contributed by atoms with Crippen LogP contribution in [0.4, 0.5) is 13.2 Å². The lowest BCUT2D eigenvalue weighted by Crippen LogP contribution is -2.41. The van der Waals surface area contributed by atoms with Crippen LogP contribution in [0.25, 0.3) is 0 Å². The monoisotopic (exact) mass is 315 g/mol. The molecule has 0 unspecified atom stereocenters. The normalized spacial score (nSPS) is 18.0. The summed E-state index contributed by atoms with van der Waals surface area (Å²) in [6, 6.07) is 4.14. The highest BCUT2D eigenvalue weighted by Gasteiger charge is 2.32. The molecule has 1 aromatic carbocycles. The lowest BCUT2D eigenvalue weighted by molar-refractivity contribution is -0.137. The fourth-order valence-corrected chi connectivity index (χ4v) is 2.87. The van der Waals surface area contributed by atoms with Crippen LogP contribution < -0.4 is 5.32 Å². The van der Waals surface area contributed by atoms with Crippen molar-refractivity contribution in [1.82, 2.24) is 5.32 Å². The number of alkyl halides is 3. The Balaban J connectivity index is 1.97. The molecule has 0 saturated heterocycles. The molecule has 2 N–H and O–H groups in total. The van der Waals surface area contributed by atoms with Gasteiger partial charge in [-0.3, -0.25) is 4.79 Å². The molecule has 0 heterocycles. The lowest BCUT2D eigenvalue weighted by atomic mass is 9.74. The topological polar surface area (TPSA) is 49.3 Å². The first-order valence-electron chi connectivity index (χ1n) is 7.43. The first kappa shape index (κ1) is 16.8. The Labute approximate surface area is 127 Å². The average molecular weight is 315 g/mol. The third-order valence-corrected chi connectivity index (χ3v) is 4.35. The maximum absolute atomic E-state index is 12.5. The number of halogens is 3. The van der Waals surface area contributed by atoms with Gasteiger partial charge in [0.25, 0.3) is 5.91 Å². The van der Waals surface area contributed by atoms with E-state index < -0.39 is 17.6 Å². The highest BCUT2D eigenvalue weighted by atomic mass is 19.4. The fraction of sp³-hybridized carbons (Fsp3) is 0.562. The van der Waals surface area contributed by atoms with E-state index in [4.69, 9.17) is 0 Å². The third kappa shape index (κ3) is 4.00. The molecule has 0 spiro atoms. The zero-order chi connectivity index (χ0) is 16.2. The second-order valence-corrected chi connectivity index (χ2v) is 5.98. The van der Waals surface area contributed by atoms with E-state index in [1.54, 1.807) is 0 Å². The Kier molecular flexibility index (Phi) is 5.11. The Morgan fingerprint density at radius 2 is 1.73 bits per heavy atom. The lowest BCUT2D eigenvalue weighted by Gasteiger charge is -2.35. The molecule has 1 aliphatic carbocycles. The van der Waals surface area contributed by atoms with Gasteiger partial charge in [0.05, 0.1) is 12.2 Å². The molecule has 0 aliphatic heterocycles. The van der Waals surface area contributed by atoms with Crippen molar-refractivity contribution in [2.75, 3.05) is 13.2 Å². The molecule has 2 rings (SSSR count). The van der Waals surface area contributed by atoms with E-state index in [9.17, 15) is 23.1 Å². The number of rotatable bonds is 4. The molecular formula is C16H20F3NO2. The molecule has 0 atom stereocenters. The predicted octanol–water partition coefficient (Wildman–Crippen LogP) is 3.38. The number of aliphatic hydroxyl groups excluding tert-OH is 1. The van der Waals surface area contributed by atoms with Gasteiger partial charge in [0.15, 0.2) is 0 Å². The van der Waals surface area contributed by atoms with Gasteiger partial charge in [0.2, 0.25) is 0 Å². The molecule has 22 heavy (non-hydrogen) atoms. The quantitative estimate of drug-likeness (QED) is 0.895. The zero-order valence-corrected chi connectivity index (χ0v) is 12.2. The first-order chi connectivity index (χ1) is 10.4. The zero-order valence-electron chi connectivity index (χ0n) is 12.2. The Morgan fingerprint density at radius 1 is 1.14 bits per heavy atom. The minimum Gasteiger partial charge on any atom is -0.396 e. The Hall–Kier alpha value is -1.56. The van der Waals surface area contributed by atoms with Crippen LogP contribution in [-0.4, -0.2) is 24.2 Å². The van der Waals surface area contributed by atoms with Crippen molar-refractivity contribution in [2.45, 2.75) is 38.3 Å². The van der Waals surface area contributed by atoms with Crippen molar-refractivity contribution in [3.63, 3.8) is 0 Å². The molecule has 1 aromatic rings. The van der Waals surface area contributed by atoms with Gasteiger partial charge >= 0.3 is 6.18 Å². The van der Waals surface area contributed by atoms with Crippen LogP contribution in [0.1, 0.15) is 48.0 Å². The summed E-state index contributed by atoms with van der Waals surface area (Å²) in [5.74, 6) is -0.410. The number of benzene rings is 1. The number of amides is 1. The standard InChI is InChI=1S/C16H20F3NO2/c17-16(18,19)13-6-4-12(5-7-13)14(22)20-10-15(11-21)8-2-1-3-9-15/h4-7,21H,1-3,8-11H2,(H,20,22). The van der Waals surface area contributed by atoms with Gasteiger partial charge in [-0.1, -0.05) is 19.3 Å². The summed E-state index contributed by atoms with van der Waals surface area (Å²) in [6.45, 7) is 0.365. The van der Waals surface area contributed by atoms with Gasteiger partial charge < -0.3 is 10.4 Å². The van der Waals surface area contributed by atoms with E-state index in [-0.39, 0.29) is 17.6 Å². The predicted molar refractivity (Wildman–Crippen MR) is 76.4 cm³/mol. The minimum atomic E-state index is -4.40. The van der Waals surface area contributed by atoms with Crippen LogP contribution in [0.5, 0.6) is 0 Å². The van der Waals surface area contributed by atoms with Gasteiger partial charge in [-0.15, -0.1) is 0 Å². The molecule has 0 aromatic heterocycles. The molecule has 3 nitrogen and oxygen atoms in total. The maximum Gasteiger partial charge on any atom is 0.416 e. The number of hydrogen-bond donors (Lipinski definition) is 2. The summed E-state index contributed by atoms with van der Waals surface area (Å²) in [7, 11) is 0. The first-order valence-corrected chi connectivity index (χ1v) is 7.43. The number of hydrogen-bond acceptors (Lipinski definition) is 2. The SMILES string of the molecule is O=C(NCC1(CO)CCCCC1)c1ccc(C(F)(F)F)cc1. The molecule has 1 saturated carbocycles. The van der Waals surface area contributed by atoms with Crippen molar-refractivity contribution in [3.05, 3.63) is 35.4 Å². The van der Waals surface area contributed by atoms with E-state index in [0.29, 0.717) is 6.54 Å². The van der Waals surface area contributed by atoms with Crippen LogP contribution in [0.3, 0.4) is 0 Å². The van der Waals surface area contributed by atoms with Crippen LogP contribution in [0, 0.1) is 5.41 Å². The Bertz CT molecular complexity index is 505. The highest BCUT2D eigenvalue weighted by molar-refractivity contribution is 5.94. The van der Waals surface area contributed by atoms with Crippen molar-refractivity contribution >= 4 is 5.91 Å². The van der Waals surface area contributed by atoms with Crippen LogP contribution in [0.2, 0.25) is 0 Å². The molecule has 0 radical (unpaired) electrons. The third-order valence-electron chi connectivity index (χ3n) is 4.35.